The van der Waals surface area contributed by atoms with Gasteiger partial charge in [-0.05, 0) is 41.8 Å². The summed E-state index contributed by atoms with van der Waals surface area (Å²) in [6, 6.07) is 21.9. The monoisotopic (exact) mass is 360 g/mol. The Morgan fingerprint density at radius 2 is 1.70 bits per heavy atom. The van der Waals surface area contributed by atoms with E-state index in [1.807, 2.05) is 61.5 Å². The molecule has 0 aliphatic carbocycles. The van der Waals surface area contributed by atoms with Crippen LogP contribution in [0.25, 0.3) is 0 Å². The first-order valence-electron chi connectivity index (χ1n) is 9.03. The van der Waals surface area contributed by atoms with E-state index in [9.17, 15) is 4.79 Å². The Labute approximate surface area is 160 Å². The van der Waals surface area contributed by atoms with Crippen molar-refractivity contribution in [2.24, 2.45) is 0 Å². The number of nitrogens with zero attached hydrogens (tertiary/aromatic N) is 1. The second-order valence-corrected chi connectivity index (χ2v) is 6.48. The quantitative estimate of drug-likeness (QED) is 0.686. The molecule has 1 atom stereocenters. The third-order valence-corrected chi connectivity index (χ3v) is 4.68. The summed E-state index contributed by atoms with van der Waals surface area (Å²) in [6.45, 7) is 2.44. The number of nitrogens with one attached hydrogen (secondary N) is 1. The summed E-state index contributed by atoms with van der Waals surface area (Å²) >= 11 is 0. The number of hydrogen-bond donors (Lipinski definition) is 1. The van der Waals surface area contributed by atoms with E-state index in [2.05, 4.69) is 22.4 Å². The van der Waals surface area contributed by atoms with Crippen molar-refractivity contribution in [2.75, 3.05) is 7.11 Å². The molecule has 1 amide bonds. The lowest BCUT2D eigenvalue weighted by molar-refractivity contribution is -0.121. The molecule has 4 nitrogen and oxygen atoms in total. The minimum absolute atomic E-state index is 0.00437. The Kier molecular flexibility index (Phi) is 6.21. The molecule has 138 valence electrons. The Balaban J connectivity index is 1.74. The van der Waals surface area contributed by atoms with Crippen molar-refractivity contribution in [1.82, 2.24) is 10.3 Å². The van der Waals surface area contributed by atoms with E-state index >= 15 is 0 Å². The lowest BCUT2D eigenvalue weighted by Crippen LogP contribution is -2.25. The third-order valence-electron chi connectivity index (χ3n) is 4.68. The number of carbonyl (C=O) groups is 1. The van der Waals surface area contributed by atoms with Crippen LogP contribution in [0.2, 0.25) is 0 Å². The van der Waals surface area contributed by atoms with E-state index in [1.54, 1.807) is 13.3 Å². The molecule has 0 bridgehead atoms. The fourth-order valence-corrected chi connectivity index (χ4v) is 3.09. The van der Waals surface area contributed by atoms with Gasteiger partial charge in [-0.1, -0.05) is 48.5 Å². The molecule has 0 spiro atoms. The van der Waals surface area contributed by atoms with Crippen LogP contribution in [0.1, 0.15) is 34.7 Å². The van der Waals surface area contributed by atoms with Gasteiger partial charge in [0.25, 0.3) is 0 Å². The van der Waals surface area contributed by atoms with E-state index in [4.69, 9.17) is 4.74 Å². The molecule has 0 fully saturated rings. The zero-order valence-corrected chi connectivity index (χ0v) is 15.7. The minimum Gasteiger partial charge on any atom is -0.497 e. The van der Waals surface area contributed by atoms with Gasteiger partial charge in [-0.25, -0.2) is 0 Å². The standard InChI is InChI=1S/C23H24N2O2/c1-17-7-6-14-24-22(17)16-25-23(26)15-21(18-8-4-3-5-9-18)19-10-12-20(27-2)13-11-19/h3-14,21H,15-16H2,1-2H3,(H,25,26)/t21-/m1/s1. The number of aryl methyl sites for hydroxylation is 1. The molecule has 2 aromatic carbocycles. The van der Waals surface area contributed by atoms with Crippen molar-refractivity contribution in [1.29, 1.82) is 0 Å². The second kappa shape index (κ2) is 8.99. The van der Waals surface area contributed by atoms with Crippen LogP contribution in [-0.4, -0.2) is 18.0 Å². The Morgan fingerprint density at radius 3 is 2.37 bits per heavy atom. The lowest BCUT2D eigenvalue weighted by Gasteiger charge is -2.18. The molecule has 4 heteroatoms. The van der Waals surface area contributed by atoms with Gasteiger partial charge in [-0.15, -0.1) is 0 Å². The number of carbonyl (C=O) groups excluding carboxylic acids is 1. The first-order chi connectivity index (χ1) is 13.2. The fraction of sp³-hybridized carbons (Fsp3) is 0.217. The maximum Gasteiger partial charge on any atom is 0.221 e. The first-order valence-corrected chi connectivity index (χ1v) is 9.03. The lowest BCUT2D eigenvalue weighted by atomic mass is 9.88. The largest absolute Gasteiger partial charge is 0.497 e. The summed E-state index contributed by atoms with van der Waals surface area (Å²) in [5.74, 6) is 0.798. The maximum absolute atomic E-state index is 12.6. The number of benzene rings is 2. The molecule has 0 radical (unpaired) electrons. The predicted molar refractivity (Wildman–Crippen MR) is 107 cm³/mol. The van der Waals surface area contributed by atoms with Crippen molar-refractivity contribution in [3.8, 4) is 5.75 Å². The van der Waals surface area contributed by atoms with Crippen LogP contribution in [0.5, 0.6) is 5.75 Å². The highest BCUT2D eigenvalue weighted by atomic mass is 16.5. The number of ether oxygens (including phenoxy) is 1. The fourth-order valence-electron chi connectivity index (χ4n) is 3.09. The predicted octanol–water partition coefficient (Wildman–Crippen LogP) is 4.24. The molecule has 3 rings (SSSR count). The number of methoxy groups -OCH3 is 1. The number of rotatable bonds is 7. The van der Waals surface area contributed by atoms with Gasteiger partial charge in [0, 0.05) is 18.5 Å². The maximum atomic E-state index is 12.6. The van der Waals surface area contributed by atoms with Crippen LogP contribution in [0.3, 0.4) is 0 Å². The molecule has 1 heterocycles. The Morgan fingerprint density at radius 1 is 1.00 bits per heavy atom. The molecular formula is C23H24N2O2. The van der Waals surface area contributed by atoms with Crippen molar-refractivity contribution < 1.29 is 9.53 Å². The molecule has 1 N–H and O–H groups in total. The van der Waals surface area contributed by atoms with Crippen molar-refractivity contribution in [2.45, 2.75) is 25.8 Å². The molecule has 0 saturated heterocycles. The van der Waals surface area contributed by atoms with Gasteiger partial charge in [0.2, 0.25) is 5.91 Å². The average Bonchev–Trinajstić information content (AvgIpc) is 2.72. The highest BCUT2D eigenvalue weighted by Gasteiger charge is 2.18. The normalized spacial score (nSPS) is 11.6. The third kappa shape index (κ3) is 4.94. The summed E-state index contributed by atoms with van der Waals surface area (Å²) < 4.78 is 5.25. The number of pyridine rings is 1. The van der Waals surface area contributed by atoms with Crippen molar-refractivity contribution in [3.05, 3.63) is 95.3 Å². The summed E-state index contributed by atoms with van der Waals surface area (Å²) in [5.41, 5.74) is 4.18. The highest BCUT2D eigenvalue weighted by molar-refractivity contribution is 5.77. The first kappa shape index (κ1) is 18.6. The highest BCUT2D eigenvalue weighted by Crippen LogP contribution is 2.29. The summed E-state index contributed by atoms with van der Waals surface area (Å²) in [4.78, 5) is 17.0. The number of aromatic nitrogens is 1. The SMILES string of the molecule is COc1ccc([C@H](CC(=O)NCc2ncccc2C)c2ccccc2)cc1. The molecule has 0 aliphatic heterocycles. The van der Waals surface area contributed by atoms with Crippen LogP contribution in [0.15, 0.2) is 72.9 Å². The van der Waals surface area contributed by atoms with Gasteiger partial charge in [0.05, 0.1) is 19.3 Å². The topological polar surface area (TPSA) is 51.2 Å². The summed E-state index contributed by atoms with van der Waals surface area (Å²) in [5, 5.41) is 3.01. The van der Waals surface area contributed by atoms with Gasteiger partial charge >= 0.3 is 0 Å². The van der Waals surface area contributed by atoms with E-state index in [0.29, 0.717) is 13.0 Å². The van der Waals surface area contributed by atoms with Crippen LogP contribution < -0.4 is 10.1 Å². The van der Waals surface area contributed by atoms with E-state index < -0.39 is 0 Å². The molecule has 1 aromatic heterocycles. The van der Waals surface area contributed by atoms with Gasteiger partial charge in [0.1, 0.15) is 5.75 Å². The molecule has 27 heavy (non-hydrogen) atoms. The molecule has 0 aliphatic rings. The van der Waals surface area contributed by atoms with Crippen molar-refractivity contribution >= 4 is 5.91 Å². The van der Waals surface area contributed by atoms with Gasteiger partial charge in [0.15, 0.2) is 0 Å². The zero-order chi connectivity index (χ0) is 19.1. The zero-order valence-electron chi connectivity index (χ0n) is 15.7. The Bertz CT molecular complexity index is 876. The number of hydrogen-bond acceptors (Lipinski definition) is 3. The van der Waals surface area contributed by atoms with Gasteiger partial charge < -0.3 is 10.1 Å². The summed E-state index contributed by atoms with van der Waals surface area (Å²) in [7, 11) is 1.65. The molecule has 0 unspecified atom stereocenters. The van der Waals surface area contributed by atoms with E-state index in [0.717, 1.165) is 28.1 Å². The van der Waals surface area contributed by atoms with Crippen LogP contribution in [-0.2, 0) is 11.3 Å². The smallest absolute Gasteiger partial charge is 0.221 e. The van der Waals surface area contributed by atoms with Crippen LogP contribution >= 0.6 is 0 Å². The summed E-state index contributed by atoms with van der Waals surface area (Å²) in [6.07, 6.45) is 2.13. The average molecular weight is 360 g/mol. The Hall–Kier alpha value is -3.14. The van der Waals surface area contributed by atoms with Crippen molar-refractivity contribution in [3.63, 3.8) is 0 Å². The van der Waals surface area contributed by atoms with Gasteiger partial charge in [-0.2, -0.15) is 0 Å². The minimum atomic E-state index is -0.0121. The molecular weight excluding hydrogens is 336 g/mol. The van der Waals surface area contributed by atoms with Crippen LogP contribution in [0, 0.1) is 6.92 Å². The molecule has 0 saturated carbocycles. The van der Waals surface area contributed by atoms with E-state index in [1.165, 1.54) is 0 Å². The number of amides is 1. The van der Waals surface area contributed by atoms with Crippen LogP contribution in [0.4, 0.5) is 0 Å². The van der Waals surface area contributed by atoms with Gasteiger partial charge in [-0.3, -0.25) is 9.78 Å². The second-order valence-electron chi connectivity index (χ2n) is 6.48. The molecule has 3 aromatic rings. The van der Waals surface area contributed by atoms with E-state index in [-0.39, 0.29) is 11.8 Å².